The SMILES string of the molecule is C1CCC2C3NC(NC4NC(NC5NC(NC6NC(N3)C3CCCCC63)C3CCCCC53)C3CCCCC43)C2C1.[H-].[H-].[Sr+2]. The monoisotopic (exact) mass is 642 g/mol. The van der Waals surface area contributed by atoms with Gasteiger partial charge in [0.05, 0.1) is 49.3 Å². The van der Waals surface area contributed by atoms with Gasteiger partial charge in [-0.25, -0.2) is 0 Å². The minimum Gasteiger partial charge on any atom is -1.00 e. The van der Waals surface area contributed by atoms with Crippen LogP contribution >= 0.6 is 0 Å². The third-order valence-electron chi connectivity index (χ3n) is 13.8. The van der Waals surface area contributed by atoms with Gasteiger partial charge in [0, 0.05) is 0 Å². The predicted octanol–water partition coefficient (Wildman–Crippen LogP) is 2.45. The van der Waals surface area contributed by atoms with Gasteiger partial charge in [0.15, 0.2) is 0 Å². The fraction of sp³-hybridized carbons (Fsp3) is 1.00. The van der Waals surface area contributed by atoms with Gasteiger partial charge in [-0.2, -0.15) is 0 Å². The normalized spacial score (nSPS) is 56.2. The zero-order chi connectivity index (χ0) is 26.2. The maximum atomic E-state index is 4.26. The van der Waals surface area contributed by atoms with Crippen LogP contribution in [-0.4, -0.2) is 94.8 Å². The zero-order valence-corrected chi connectivity index (χ0v) is 28.7. The minimum atomic E-state index is 0. The summed E-state index contributed by atoms with van der Waals surface area (Å²) in [6.45, 7) is 0. The van der Waals surface area contributed by atoms with Crippen molar-refractivity contribution in [2.45, 2.75) is 152 Å². The van der Waals surface area contributed by atoms with Gasteiger partial charge in [-0.05, 0) is 98.7 Å². The van der Waals surface area contributed by atoms with E-state index in [0.29, 0.717) is 49.3 Å². The Morgan fingerprint density at radius 1 is 0.244 bits per heavy atom. The second-order valence-electron chi connectivity index (χ2n) is 15.6. The summed E-state index contributed by atoms with van der Waals surface area (Å²) in [5.41, 5.74) is 0. The van der Waals surface area contributed by atoms with Gasteiger partial charge in [-0.15, -0.1) is 0 Å². The van der Waals surface area contributed by atoms with Crippen LogP contribution in [0.3, 0.4) is 0 Å². The molecule has 8 nitrogen and oxygen atoms in total. The average Bonchev–Trinajstić information content (AvgIpc) is 3.73. The fourth-order valence-corrected chi connectivity index (χ4v) is 12.0. The number of hydrogen-bond acceptors (Lipinski definition) is 8. The Balaban J connectivity index is 0.00000110. The molecule has 9 fully saturated rings. The first-order valence-corrected chi connectivity index (χ1v) is 17.9. The molecule has 8 atom stereocenters. The molecule has 0 aromatic rings. The molecule has 0 radical (unpaired) electrons. The smallest absolute Gasteiger partial charge is 1.00 e. The van der Waals surface area contributed by atoms with E-state index in [1.807, 2.05) is 0 Å². The van der Waals surface area contributed by atoms with E-state index < -0.39 is 0 Å². The number of hydrogen-bond donors (Lipinski definition) is 8. The molecule has 0 aromatic heterocycles. The summed E-state index contributed by atoms with van der Waals surface area (Å²) < 4.78 is 0. The summed E-state index contributed by atoms with van der Waals surface area (Å²) in [5, 5.41) is 33.8. The fourth-order valence-electron chi connectivity index (χ4n) is 12.0. The Bertz CT molecular complexity index is 728. The van der Waals surface area contributed by atoms with Crippen molar-refractivity contribution in [3.63, 3.8) is 0 Å². The van der Waals surface area contributed by atoms with Crippen LogP contribution in [0.4, 0.5) is 0 Å². The molecule has 9 rings (SSSR count). The molecule has 228 valence electrons. The Morgan fingerprint density at radius 3 is 0.488 bits per heavy atom. The van der Waals surface area contributed by atoms with Gasteiger partial charge in [-0.1, -0.05) is 51.4 Å². The van der Waals surface area contributed by atoms with Crippen molar-refractivity contribution in [2.75, 3.05) is 0 Å². The van der Waals surface area contributed by atoms with E-state index in [2.05, 4.69) is 42.5 Å². The van der Waals surface area contributed by atoms with Gasteiger partial charge in [-0.3, -0.25) is 42.5 Å². The zero-order valence-electron chi connectivity index (χ0n) is 27.3. The molecule has 8 bridgehead atoms. The van der Waals surface area contributed by atoms with Gasteiger partial charge in [0.1, 0.15) is 0 Å². The van der Waals surface area contributed by atoms with Crippen molar-refractivity contribution >= 4 is 45.5 Å². The molecule has 0 amide bonds. The molecule has 5 saturated heterocycles. The molecule has 0 aromatic carbocycles. The summed E-state index contributed by atoms with van der Waals surface area (Å²) in [6, 6.07) is 0. The molecule has 4 aliphatic carbocycles. The van der Waals surface area contributed by atoms with Gasteiger partial charge < -0.3 is 2.85 Å². The number of rotatable bonds is 0. The Labute approximate surface area is 288 Å². The maximum absolute atomic E-state index is 4.26. The van der Waals surface area contributed by atoms with E-state index in [-0.39, 0.29) is 48.3 Å². The standard InChI is InChI=1S/C32H56N8.Sr.2H/c1-2-10-18-17(9-1)25-33-26(18)38-28-21-13-5-6-14-22(21)30(35-28)40-32-24-16-8-7-15-23(24)31(36-32)39-29-20-12-4-3-11-19(20)27(34-29)37-25;;;/h17-40H,1-16H2;;;/q;+2;2*-1. The van der Waals surface area contributed by atoms with Crippen LogP contribution in [0.25, 0.3) is 0 Å². The Morgan fingerprint density at radius 2 is 0.366 bits per heavy atom. The van der Waals surface area contributed by atoms with Crippen LogP contribution < -0.4 is 42.5 Å². The third kappa shape index (κ3) is 5.30. The van der Waals surface area contributed by atoms with Crippen molar-refractivity contribution in [3.05, 3.63) is 0 Å². The van der Waals surface area contributed by atoms with Crippen LogP contribution in [0, 0.1) is 47.3 Å². The van der Waals surface area contributed by atoms with Gasteiger partial charge in [0.25, 0.3) is 0 Å². The molecule has 9 heteroatoms. The van der Waals surface area contributed by atoms with Crippen LogP contribution in [-0.2, 0) is 0 Å². The molecule has 41 heavy (non-hydrogen) atoms. The molecule has 8 unspecified atom stereocenters. The van der Waals surface area contributed by atoms with Crippen LogP contribution in [0.5, 0.6) is 0 Å². The first kappa shape index (κ1) is 29.6. The van der Waals surface area contributed by atoms with E-state index in [1.165, 1.54) is 103 Å². The second kappa shape index (κ2) is 12.4. The van der Waals surface area contributed by atoms with Crippen molar-refractivity contribution in [3.8, 4) is 0 Å². The summed E-state index contributed by atoms with van der Waals surface area (Å²) in [4.78, 5) is 0. The van der Waals surface area contributed by atoms with Crippen LogP contribution in [0.2, 0.25) is 0 Å². The van der Waals surface area contributed by atoms with Gasteiger partial charge in [0.2, 0.25) is 0 Å². The maximum Gasteiger partial charge on any atom is 2.00 e. The molecular weight excluding hydrogens is 584 g/mol. The van der Waals surface area contributed by atoms with Crippen molar-refractivity contribution < 1.29 is 2.85 Å². The van der Waals surface area contributed by atoms with Crippen LogP contribution in [0.15, 0.2) is 0 Å². The van der Waals surface area contributed by atoms with Gasteiger partial charge >= 0.3 is 45.5 Å². The molecule has 5 heterocycles. The van der Waals surface area contributed by atoms with E-state index in [9.17, 15) is 0 Å². The molecule has 8 N–H and O–H groups in total. The molecule has 4 saturated carbocycles. The summed E-state index contributed by atoms with van der Waals surface area (Å²) in [7, 11) is 0. The predicted molar refractivity (Wildman–Crippen MR) is 165 cm³/mol. The van der Waals surface area contributed by atoms with Crippen molar-refractivity contribution in [1.29, 1.82) is 0 Å². The first-order valence-electron chi connectivity index (χ1n) is 17.9. The molecular formula is C32H58N8Sr. The van der Waals surface area contributed by atoms with E-state index in [4.69, 9.17) is 0 Å². The molecule has 5 aliphatic heterocycles. The molecule has 9 aliphatic rings. The van der Waals surface area contributed by atoms with E-state index >= 15 is 0 Å². The minimum absolute atomic E-state index is 0. The Kier molecular flexibility index (Phi) is 8.94. The topological polar surface area (TPSA) is 96.2 Å². The second-order valence-corrected chi connectivity index (χ2v) is 15.6. The Hall–Kier alpha value is 1.16. The summed E-state index contributed by atoms with van der Waals surface area (Å²) >= 11 is 0. The summed E-state index contributed by atoms with van der Waals surface area (Å²) in [6.07, 6.45) is 25.6. The number of nitrogens with one attached hydrogen (secondary N) is 8. The number of fused-ring (bicyclic) bond motifs is 20. The molecule has 0 spiro atoms. The van der Waals surface area contributed by atoms with E-state index in [0.717, 1.165) is 47.3 Å². The third-order valence-corrected chi connectivity index (χ3v) is 13.8. The largest absolute Gasteiger partial charge is 2.00 e. The quantitative estimate of drug-likeness (QED) is 0.191. The van der Waals surface area contributed by atoms with Crippen molar-refractivity contribution in [1.82, 2.24) is 42.5 Å². The average molecular weight is 642 g/mol. The van der Waals surface area contributed by atoms with Crippen LogP contribution in [0.1, 0.15) is 106 Å². The first-order chi connectivity index (χ1) is 19.8. The summed E-state index contributed by atoms with van der Waals surface area (Å²) in [5.74, 6) is 5.97. The van der Waals surface area contributed by atoms with E-state index in [1.54, 1.807) is 0 Å². The van der Waals surface area contributed by atoms with Crippen molar-refractivity contribution in [2.24, 2.45) is 47.3 Å².